The second kappa shape index (κ2) is 2.95. The van der Waals surface area contributed by atoms with E-state index in [2.05, 4.69) is 9.97 Å². The maximum atomic E-state index is 13.7. The highest BCUT2D eigenvalue weighted by atomic mass is 19.1. The summed E-state index contributed by atoms with van der Waals surface area (Å²) < 4.78 is 15.4. The van der Waals surface area contributed by atoms with Gasteiger partial charge in [-0.2, -0.15) is 0 Å². The molecule has 0 aliphatic rings. The lowest BCUT2D eigenvalue weighted by atomic mass is 10.2. The van der Waals surface area contributed by atoms with E-state index in [1.807, 2.05) is 12.1 Å². The van der Waals surface area contributed by atoms with Gasteiger partial charge in [-0.15, -0.1) is 0 Å². The van der Waals surface area contributed by atoms with Gasteiger partial charge in [0.25, 0.3) is 0 Å². The summed E-state index contributed by atoms with van der Waals surface area (Å²) in [6, 6.07) is 6.89. The summed E-state index contributed by atoms with van der Waals surface area (Å²) in [4.78, 5) is 6.97. The van der Waals surface area contributed by atoms with E-state index in [0.29, 0.717) is 11.2 Å². The Morgan fingerprint density at radius 3 is 2.80 bits per heavy atom. The molecule has 1 aromatic carbocycles. The standard InChI is InChI=1S/C11H8FN3/c12-8-5-9-10(14-7-13-9)6-11(8)15-3-1-2-4-15/h1-7H,(H,13,14). The van der Waals surface area contributed by atoms with E-state index in [1.165, 1.54) is 6.07 Å². The Kier molecular flexibility index (Phi) is 1.62. The van der Waals surface area contributed by atoms with Crippen LogP contribution in [0.3, 0.4) is 0 Å². The van der Waals surface area contributed by atoms with Gasteiger partial charge in [-0.3, -0.25) is 0 Å². The van der Waals surface area contributed by atoms with Crippen LogP contribution in [0.2, 0.25) is 0 Å². The fourth-order valence-electron chi connectivity index (χ4n) is 1.64. The number of imidazole rings is 1. The van der Waals surface area contributed by atoms with Crippen LogP contribution < -0.4 is 0 Å². The van der Waals surface area contributed by atoms with Crippen molar-refractivity contribution in [3.8, 4) is 5.69 Å². The average molecular weight is 201 g/mol. The van der Waals surface area contributed by atoms with Crippen LogP contribution in [0.5, 0.6) is 0 Å². The van der Waals surface area contributed by atoms with Gasteiger partial charge in [-0.05, 0) is 18.2 Å². The minimum Gasteiger partial charge on any atom is -0.345 e. The van der Waals surface area contributed by atoms with E-state index >= 15 is 0 Å². The molecule has 0 radical (unpaired) electrons. The number of H-pyrrole nitrogens is 1. The Hall–Kier alpha value is -2.10. The fraction of sp³-hybridized carbons (Fsp3) is 0. The minimum atomic E-state index is -0.261. The second-order valence-electron chi connectivity index (χ2n) is 3.31. The highest BCUT2D eigenvalue weighted by Gasteiger charge is 2.06. The molecule has 0 atom stereocenters. The number of fused-ring (bicyclic) bond motifs is 1. The Labute approximate surface area is 85.2 Å². The van der Waals surface area contributed by atoms with E-state index in [4.69, 9.17) is 0 Å². The summed E-state index contributed by atoms with van der Waals surface area (Å²) in [6.45, 7) is 0. The van der Waals surface area contributed by atoms with Crippen molar-refractivity contribution >= 4 is 11.0 Å². The Bertz CT molecular complexity index is 595. The lowest BCUT2D eigenvalue weighted by Crippen LogP contribution is -1.94. The highest BCUT2D eigenvalue weighted by molar-refractivity contribution is 5.77. The molecule has 2 aromatic heterocycles. The molecule has 0 aliphatic heterocycles. The van der Waals surface area contributed by atoms with Gasteiger partial charge in [0.2, 0.25) is 0 Å². The number of aromatic nitrogens is 3. The van der Waals surface area contributed by atoms with E-state index in [1.54, 1.807) is 29.4 Å². The van der Waals surface area contributed by atoms with Crippen molar-refractivity contribution in [3.63, 3.8) is 0 Å². The number of benzene rings is 1. The molecule has 0 bridgehead atoms. The second-order valence-corrected chi connectivity index (χ2v) is 3.31. The molecule has 0 unspecified atom stereocenters. The van der Waals surface area contributed by atoms with Crippen LogP contribution in [0.4, 0.5) is 4.39 Å². The van der Waals surface area contributed by atoms with Crippen LogP contribution in [-0.2, 0) is 0 Å². The third-order valence-electron chi connectivity index (χ3n) is 2.37. The van der Waals surface area contributed by atoms with Crippen LogP contribution >= 0.6 is 0 Å². The van der Waals surface area contributed by atoms with Crippen LogP contribution in [0.25, 0.3) is 16.7 Å². The minimum absolute atomic E-state index is 0.261. The van der Waals surface area contributed by atoms with Crippen molar-refractivity contribution in [2.45, 2.75) is 0 Å². The lowest BCUT2D eigenvalue weighted by molar-refractivity contribution is 0.620. The SMILES string of the molecule is Fc1cc2[nH]cnc2cc1-n1cccc1. The number of rotatable bonds is 1. The third kappa shape index (κ3) is 1.22. The zero-order valence-electron chi connectivity index (χ0n) is 7.81. The fourth-order valence-corrected chi connectivity index (χ4v) is 1.64. The van der Waals surface area contributed by atoms with Crippen LogP contribution in [0, 0.1) is 5.82 Å². The summed E-state index contributed by atoms with van der Waals surface area (Å²) in [6.07, 6.45) is 5.16. The van der Waals surface area contributed by atoms with Gasteiger partial charge in [-0.25, -0.2) is 9.37 Å². The number of hydrogen-bond acceptors (Lipinski definition) is 1. The van der Waals surface area contributed by atoms with Crippen molar-refractivity contribution in [3.05, 3.63) is 48.8 Å². The molecule has 0 aliphatic carbocycles. The largest absolute Gasteiger partial charge is 0.345 e. The normalized spacial score (nSPS) is 11.0. The molecule has 0 spiro atoms. The molecular weight excluding hydrogens is 193 g/mol. The first-order chi connectivity index (χ1) is 7.34. The van der Waals surface area contributed by atoms with E-state index < -0.39 is 0 Å². The number of halogens is 1. The summed E-state index contributed by atoms with van der Waals surface area (Å²) >= 11 is 0. The zero-order valence-corrected chi connectivity index (χ0v) is 7.81. The molecule has 74 valence electrons. The average Bonchev–Trinajstić information content (AvgIpc) is 2.85. The van der Waals surface area contributed by atoms with E-state index in [-0.39, 0.29) is 5.82 Å². The van der Waals surface area contributed by atoms with Gasteiger partial charge in [0, 0.05) is 18.5 Å². The topological polar surface area (TPSA) is 33.6 Å². The Balaban J connectivity index is 2.30. The molecule has 15 heavy (non-hydrogen) atoms. The van der Waals surface area contributed by atoms with Gasteiger partial charge in [0.1, 0.15) is 5.82 Å². The van der Waals surface area contributed by atoms with Crippen LogP contribution in [-0.4, -0.2) is 14.5 Å². The molecule has 3 aromatic rings. The van der Waals surface area contributed by atoms with Crippen molar-refractivity contribution in [1.82, 2.24) is 14.5 Å². The third-order valence-corrected chi connectivity index (χ3v) is 2.37. The van der Waals surface area contributed by atoms with Gasteiger partial charge in [-0.1, -0.05) is 0 Å². The van der Waals surface area contributed by atoms with Gasteiger partial charge >= 0.3 is 0 Å². The van der Waals surface area contributed by atoms with Gasteiger partial charge in [0.05, 0.1) is 23.0 Å². The van der Waals surface area contributed by atoms with Gasteiger partial charge in [0.15, 0.2) is 0 Å². The highest BCUT2D eigenvalue weighted by Crippen LogP contribution is 2.19. The molecule has 2 heterocycles. The molecular formula is C11H8FN3. The zero-order chi connectivity index (χ0) is 10.3. The van der Waals surface area contributed by atoms with Crippen LogP contribution in [0.1, 0.15) is 0 Å². The molecule has 4 heteroatoms. The van der Waals surface area contributed by atoms with Crippen molar-refractivity contribution in [2.24, 2.45) is 0 Å². The predicted octanol–water partition coefficient (Wildman–Crippen LogP) is 2.49. The maximum Gasteiger partial charge on any atom is 0.149 e. The molecule has 0 amide bonds. The number of nitrogens with zero attached hydrogens (tertiary/aromatic N) is 2. The lowest BCUT2D eigenvalue weighted by Gasteiger charge is -2.03. The molecule has 0 fully saturated rings. The maximum absolute atomic E-state index is 13.7. The van der Waals surface area contributed by atoms with Crippen molar-refractivity contribution in [2.75, 3.05) is 0 Å². The smallest absolute Gasteiger partial charge is 0.149 e. The van der Waals surface area contributed by atoms with E-state index in [0.717, 1.165) is 5.52 Å². The van der Waals surface area contributed by atoms with E-state index in [9.17, 15) is 4.39 Å². The first-order valence-electron chi connectivity index (χ1n) is 4.60. The van der Waals surface area contributed by atoms with Gasteiger partial charge < -0.3 is 9.55 Å². The predicted molar refractivity (Wildman–Crippen MR) is 55.4 cm³/mol. The molecule has 1 N–H and O–H groups in total. The quantitative estimate of drug-likeness (QED) is 0.644. The summed E-state index contributed by atoms with van der Waals surface area (Å²) in [7, 11) is 0. The number of aromatic amines is 1. The molecule has 0 saturated carbocycles. The Morgan fingerprint density at radius 2 is 2.00 bits per heavy atom. The molecule has 3 rings (SSSR count). The first-order valence-corrected chi connectivity index (χ1v) is 4.60. The van der Waals surface area contributed by atoms with Crippen LogP contribution in [0.15, 0.2) is 43.0 Å². The molecule has 0 saturated heterocycles. The number of nitrogens with one attached hydrogen (secondary N) is 1. The van der Waals surface area contributed by atoms with Crippen molar-refractivity contribution < 1.29 is 4.39 Å². The molecule has 3 nitrogen and oxygen atoms in total. The van der Waals surface area contributed by atoms with Crippen molar-refractivity contribution in [1.29, 1.82) is 0 Å². The summed E-state index contributed by atoms with van der Waals surface area (Å²) in [5, 5.41) is 0. The summed E-state index contributed by atoms with van der Waals surface area (Å²) in [5.41, 5.74) is 1.99. The Morgan fingerprint density at radius 1 is 1.20 bits per heavy atom. The summed E-state index contributed by atoms with van der Waals surface area (Å²) in [5.74, 6) is -0.261. The monoisotopic (exact) mass is 201 g/mol. The number of hydrogen-bond donors (Lipinski definition) is 1. The first kappa shape index (κ1) is 8.23.